The maximum atomic E-state index is 12.0. The van der Waals surface area contributed by atoms with Crippen molar-refractivity contribution in [3.8, 4) is 0 Å². The lowest BCUT2D eigenvalue weighted by Gasteiger charge is -2.13. The Labute approximate surface area is 137 Å². The minimum atomic E-state index is -0.878. The lowest BCUT2D eigenvalue weighted by molar-refractivity contribution is -0.123. The average molecular weight is 362 g/mol. The van der Waals surface area contributed by atoms with Gasteiger partial charge in [-0.3, -0.25) is 4.79 Å². The molecule has 0 aliphatic heterocycles. The summed E-state index contributed by atoms with van der Waals surface area (Å²) in [5.74, 6) is -0.884. The fourth-order valence-electron chi connectivity index (χ4n) is 1.83. The molecule has 2 aromatic rings. The van der Waals surface area contributed by atoms with Crippen LogP contribution in [0.3, 0.4) is 0 Å². The zero-order valence-electron chi connectivity index (χ0n) is 12.3. The number of aryl methyl sites for hydroxylation is 1. The molecule has 114 valence electrons. The molecular formula is C17H16BrNO3. The van der Waals surface area contributed by atoms with Crippen LogP contribution in [0, 0.1) is 6.92 Å². The summed E-state index contributed by atoms with van der Waals surface area (Å²) in [4.78, 5) is 24.0. The predicted molar refractivity (Wildman–Crippen MR) is 88.8 cm³/mol. The molecule has 1 atom stereocenters. The first-order chi connectivity index (χ1) is 10.5. The second kappa shape index (κ2) is 7.22. The third-order valence-electron chi connectivity index (χ3n) is 3.02. The number of amides is 1. The van der Waals surface area contributed by atoms with Crippen molar-refractivity contribution in [3.05, 3.63) is 64.1 Å². The molecule has 0 saturated carbocycles. The molecule has 0 aromatic heterocycles. The summed E-state index contributed by atoms with van der Waals surface area (Å²) in [5, 5.41) is 2.70. The molecular weight excluding hydrogens is 346 g/mol. The topological polar surface area (TPSA) is 55.4 Å². The number of carbonyl (C=O) groups excluding carboxylic acids is 2. The third kappa shape index (κ3) is 4.43. The Kier molecular flexibility index (Phi) is 5.33. The van der Waals surface area contributed by atoms with Crippen molar-refractivity contribution in [2.45, 2.75) is 20.0 Å². The van der Waals surface area contributed by atoms with Gasteiger partial charge in [0.25, 0.3) is 5.91 Å². The first-order valence-electron chi connectivity index (χ1n) is 6.80. The molecule has 1 N–H and O–H groups in total. The number of carbonyl (C=O) groups is 2. The number of hydrogen-bond acceptors (Lipinski definition) is 3. The van der Waals surface area contributed by atoms with E-state index < -0.39 is 12.1 Å². The van der Waals surface area contributed by atoms with Crippen LogP contribution in [0.1, 0.15) is 22.8 Å². The monoisotopic (exact) mass is 361 g/mol. The van der Waals surface area contributed by atoms with Crippen LogP contribution in [0.4, 0.5) is 5.69 Å². The van der Waals surface area contributed by atoms with E-state index in [0.717, 1.165) is 10.0 Å². The van der Waals surface area contributed by atoms with Crippen molar-refractivity contribution >= 4 is 33.5 Å². The number of benzene rings is 2. The summed E-state index contributed by atoms with van der Waals surface area (Å²) >= 11 is 3.32. The first kappa shape index (κ1) is 16.2. The van der Waals surface area contributed by atoms with Gasteiger partial charge < -0.3 is 10.1 Å². The van der Waals surface area contributed by atoms with Gasteiger partial charge in [-0.1, -0.05) is 33.6 Å². The Morgan fingerprint density at radius 2 is 1.82 bits per heavy atom. The summed E-state index contributed by atoms with van der Waals surface area (Å²) in [7, 11) is 0. The summed E-state index contributed by atoms with van der Waals surface area (Å²) in [6, 6.07) is 14.2. The van der Waals surface area contributed by atoms with Crippen molar-refractivity contribution in [2.75, 3.05) is 5.32 Å². The number of nitrogens with one attached hydrogen (secondary N) is 1. The molecule has 4 nitrogen and oxygen atoms in total. The summed E-state index contributed by atoms with van der Waals surface area (Å²) in [5.41, 5.74) is 2.04. The molecule has 2 aromatic carbocycles. The van der Waals surface area contributed by atoms with Crippen LogP contribution in [0.15, 0.2) is 53.0 Å². The molecule has 0 aliphatic rings. The molecule has 22 heavy (non-hydrogen) atoms. The molecule has 1 amide bonds. The van der Waals surface area contributed by atoms with Gasteiger partial charge in [0.1, 0.15) is 0 Å². The zero-order valence-corrected chi connectivity index (χ0v) is 13.9. The lowest BCUT2D eigenvalue weighted by atomic mass is 10.1. The fraction of sp³-hybridized carbons (Fsp3) is 0.176. The maximum absolute atomic E-state index is 12.0. The quantitative estimate of drug-likeness (QED) is 0.839. The SMILES string of the molecule is Cc1cccc(C(=O)OC(C)C(=O)Nc2ccc(Br)cc2)c1. The molecule has 0 spiro atoms. The van der Waals surface area contributed by atoms with Gasteiger partial charge in [0.05, 0.1) is 5.56 Å². The Hall–Kier alpha value is -2.14. The second-order valence-electron chi connectivity index (χ2n) is 4.91. The normalized spacial score (nSPS) is 11.6. The smallest absolute Gasteiger partial charge is 0.338 e. The number of esters is 1. The minimum absolute atomic E-state index is 0.372. The fourth-order valence-corrected chi connectivity index (χ4v) is 2.10. The highest BCUT2D eigenvalue weighted by Gasteiger charge is 2.19. The molecule has 0 fully saturated rings. The van der Waals surface area contributed by atoms with Crippen LogP contribution in [-0.2, 0) is 9.53 Å². The molecule has 1 unspecified atom stereocenters. The van der Waals surface area contributed by atoms with Gasteiger partial charge in [0.15, 0.2) is 6.10 Å². The number of anilines is 1. The molecule has 5 heteroatoms. The molecule has 0 bridgehead atoms. The summed E-state index contributed by atoms with van der Waals surface area (Å²) in [6.45, 7) is 3.43. The van der Waals surface area contributed by atoms with Crippen LogP contribution in [0.25, 0.3) is 0 Å². The lowest BCUT2D eigenvalue weighted by Crippen LogP contribution is -2.30. The van der Waals surface area contributed by atoms with Crippen LogP contribution in [0.5, 0.6) is 0 Å². The number of ether oxygens (including phenoxy) is 1. The van der Waals surface area contributed by atoms with E-state index in [0.29, 0.717) is 11.3 Å². The van der Waals surface area contributed by atoms with Gasteiger partial charge in [0, 0.05) is 10.2 Å². The summed E-state index contributed by atoms with van der Waals surface area (Å²) in [6.07, 6.45) is -0.878. The zero-order chi connectivity index (χ0) is 16.1. The van der Waals surface area contributed by atoms with Gasteiger partial charge in [0.2, 0.25) is 0 Å². The van der Waals surface area contributed by atoms with E-state index in [-0.39, 0.29) is 5.91 Å². The Bertz CT molecular complexity index is 683. The van der Waals surface area contributed by atoms with Crippen molar-refractivity contribution in [1.82, 2.24) is 0 Å². The molecule has 0 heterocycles. The van der Waals surface area contributed by atoms with E-state index in [2.05, 4.69) is 21.2 Å². The van der Waals surface area contributed by atoms with Crippen molar-refractivity contribution in [1.29, 1.82) is 0 Å². The molecule has 2 rings (SSSR count). The first-order valence-corrected chi connectivity index (χ1v) is 7.59. The molecule has 0 saturated heterocycles. The van der Waals surface area contributed by atoms with Crippen molar-refractivity contribution in [3.63, 3.8) is 0 Å². The highest BCUT2D eigenvalue weighted by atomic mass is 79.9. The van der Waals surface area contributed by atoms with Gasteiger partial charge in [-0.25, -0.2) is 4.79 Å². The van der Waals surface area contributed by atoms with Crippen LogP contribution in [-0.4, -0.2) is 18.0 Å². The second-order valence-corrected chi connectivity index (χ2v) is 5.83. The highest BCUT2D eigenvalue weighted by Crippen LogP contribution is 2.15. The standard InChI is InChI=1S/C17H16BrNO3/c1-11-4-3-5-13(10-11)17(21)22-12(2)16(20)19-15-8-6-14(18)7-9-15/h3-10,12H,1-2H3,(H,19,20). The van der Waals surface area contributed by atoms with Crippen molar-refractivity contribution < 1.29 is 14.3 Å². The Morgan fingerprint density at radius 1 is 1.14 bits per heavy atom. The third-order valence-corrected chi connectivity index (χ3v) is 3.55. The van der Waals surface area contributed by atoms with Gasteiger partial charge in [-0.2, -0.15) is 0 Å². The van der Waals surface area contributed by atoms with Crippen LogP contribution in [0.2, 0.25) is 0 Å². The van der Waals surface area contributed by atoms with E-state index in [1.54, 1.807) is 37.3 Å². The maximum Gasteiger partial charge on any atom is 0.338 e. The van der Waals surface area contributed by atoms with E-state index >= 15 is 0 Å². The summed E-state index contributed by atoms with van der Waals surface area (Å²) < 4.78 is 6.11. The molecule has 0 radical (unpaired) electrons. The Morgan fingerprint density at radius 3 is 2.45 bits per heavy atom. The highest BCUT2D eigenvalue weighted by molar-refractivity contribution is 9.10. The predicted octanol–water partition coefficient (Wildman–Crippen LogP) is 3.94. The van der Waals surface area contributed by atoms with E-state index in [9.17, 15) is 9.59 Å². The largest absolute Gasteiger partial charge is 0.449 e. The van der Waals surface area contributed by atoms with Gasteiger partial charge >= 0.3 is 5.97 Å². The average Bonchev–Trinajstić information content (AvgIpc) is 2.49. The van der Waals surface area contributed by atoms with E-state index in [1.165, 1.54) is 0 Å². The van der Waals surface area contributed by atoms with Crippen LogP contribution >= 0.6 is 15.9 Å². The Balaban J connectivity index is 1.96. The number of halogens is 1. The van der Waals surface area contributed by atoms with Gasteiger partial charge in [-0.05, 0) is 50.2 Å². The van der Waals surface area contributed by atoms with E-state index in [4.69, 9.17) is 4.74 Å². The van der Waals surface area contributed by atoms with E-state index in [1.807, 2.05) is 25.1 Å². The van der Waals surface area contributed by atoms with Crippen LogP contribution < -0.4 is 5.32 Å². The van der Waals surface area contributed by atoms with Gasteiger partial charge in [-0.15, -0.1) is 0 Å². The number of hydrogen-bond donors (Lipinski definition) is 1. The van der Waals surface area contributed by atoms with Crippen molar-refractivity contribution in [2.24, 2.45) is 0 Å². The minimum Gasteiger partial charge on any atom is -0.449 e. The number of rotatable bonds is 4. The molecule has 0 aliphatic carbocycles.